The Labute approximate surface area is 222 Å². The van der Waals surface area contributed by atoms with Crippen LogP contribution in [-0.2, 0) is 10.0 Å². The van der Waals surface area contributed by atoms with Crippen LogP contribution in [0.5, 0.6) is 11.5 Å². The molecule has 0 unspecified atom stereocenters. The highest BCUT2D eigenvalue weighted by atomic mass is 32.2. The third-order valence-electron chi connectivity index (χ3n) is 6.49. The molecule has 1 aromatic heterocycles. The molecule has 1 aliphatic heterocycles. The van der Waals surface area contributed by atoms with Gasteiger partial charge in [-0.1, -0.05) is 13.8 Å². The topological polar surface area (TPSA) is 141 Å². The van der Waals surface area contributed by atoms with Crippen molar-refractivity contribution in [3.8, 4) is 28.6 Å². The van der Waals surface area contributed by atoms with Crippen molar-refractivity contribution < 1.29 is 23.4 Å². The molecule has 2 heterocycles. The SMILES string of the molecule is CC(C)NC(=O)c1nnc(-c2cc(C(C)C)c(O)cc2O)n1-c1ccc(S(=O)(=O)N2CCN(C)CC2)cc1. The van der Waals surface area contributed by atoms with E-state index in [9.17, 15) is 23.4 Å². The number of phenolic OH excluding ortho intramolecular Hbond substituents is 2. The van der Waals surface area contributed by atoms with E-state index in [0.29, 0.717) is 37.4 Å². The van der Waals surface area contributed by atoms with Crippen molar-refractivity contribution in [3.63, 3.8) is 0 Å². The Balaban J connectivity index is 1.81. The first kappa shape index (κ1) is 27.6. The smallest absolute Gasteiger partial charge is 0.289 e. The molecular weight excluding hydrogens is 508 g/mol. The van der Waals surface area contributed by atoms with Gasteiger partial charge in [0.1, 0.15) is 11.5 Å². The molecule has 0 bridgehead atoms. The van der Waals surface area contributed by atoms with Crippen molar-refractivity contribution in [2.45, 2.75) is 44.6 Å². The second-order valence-electron chi connectivity index (χ2n) is 10.1. The van der Waals surface area contributed by atoms with E-state index in [1.807, 2.05) is 34.7 Å². The van der Waals surface area contributed by atoms with Gasteiger partial charge in [0.05, 0.1) is 10.5 Å². The lowest BCUT2D eigenvalue weighted by Crippen LogP contribution is -2.46. The van der Waals surface area contributed by atoms with Gasteiger partial charge in [0, 0.05) is 44.0 Å². The van der Waals surface area contributed by atoms with Gasteiger partial charge >= 0.3 is 0 Å². The van der Waals surface area contributed by atoms with Crippen molar-refractivity contribution in [1.29, 1.82) is 0 Å². The predicted octanol–water partition coefficient (Wildman–Crippen LogP) is 2.54. The molecule has 1 saturated heterocycles. The fourth-order valence-corrected chi connectivity index (χ4v) is 5.78. The van der Waals surface area contributed by atoms with Crippen molar-refractivity contribution >= 4 is 15.9 Å². The van der Waals surface area contributed by atoms with E-state index >= 15 is 0 Å². The number of nitrogens with one attached hydrogen (secondary N) is 1. The first-order chi connectivity index (χ1) is 17.9. The number of carbonyl (C=O) groups excluding carboxylic acids is 1. The van der Waals surface area contributed by atoms with E-state index in [0.717, 1.165) is 0 Å². The fourth-order valence-electron chi connectivity index (χ4n) is 4.36. The van der Waals surface area contributed by atoms with Gasteiger partial charge in [0.15, 0.2) is 5.82 Å². The average Bonchev–Trinajstić information content (AvgIpc) is 3.29. The summed E-state index contributed by atoms with van der Waals surface area (Å²) < 4.78 is 29.4. The molecule has 0 atom stereocenters. The maximum Gasteiger partial charge on any atom is 0.289 e. The van der Waals surface area contributed by atoms with Crippen molar-refractivity contribution in [3.05, 3.63) is 47.8 Å². The van der Waals surface area contributed by atoms with E-state index in [2.05, 4.69) is 20.4 Å². The minimum atomic E-state index is -3.68. The molecule has 1 aliphatic rings. The van der Waals surface area contributed by atoms with E-state index < -0.39 is 15.9 Å². The molecule has 3 N–H and O–H groups in total. The van der Waals surface area contributed by atoms with Crippen molar-refractivity contribution in [1.82, 2.24) is 29.3 Å². The number of benzene rings is 2. The highest BCUT2D eigenvalue weighted by Gasteiger charge is 2.29. The van der Waals surface area contributed by atoms with E-state index in [-0.39, 0.29) is 45.6 Å². The lowest BCUT2D eigenvalue weighted by Gasteiger charge is -2.31. The molecular formula is C26H34N6O5S. The molecule has 0 aliphatic carbocycles. The first-order valence-electron chi connectivity index (χ1n) is 12.5. The molecule has 4 rings (SSSR count). The van der Waals surface area contributed by atoms with Gasteiger partial charge in [-0.3, -0.25) is 9.36 Å². The lowest BCUT2D eigenvalue weighted by atomic mass is 9.98. The van der Waals surface area contributed by atoms with Crippen LogP contribution in [-0.4, -0.2) is 87.8 Å². The third kappa shape index (κ3) is 5.38. The molecule has 38 heavy (non-hydrogen) atoms. The number of carbonyl (C=O) groups is 1. The number of amides is 1. The molecule has 2 aromatic carbocycles. The van der Waals surface area contributed by atoms with Crippen LogP contribution in [0.25, 0.3) is 17.1 Å². The highest BCUT2D eigenvalue weighted by molar-refractivity contribution is 7.89. The normalized spacial score (nSPS) is 15.3. The summed E-state index contributed by atoms with van der Waals surface area (Å²) in [5.74, 6) is -0.659. The summed E-state index contributed by atoms with van der Waals surface area (Å²) in [7, 11) is -1.73. The second kappa shape index (κ2) is 10.7. The number of aromatic nitrogens is 3. The van der Waals surface area contributed by atoms with Gasteiger partial charge in [-0.2, -0.15) is 4.31 Å². The van der Waals surface area contributed by atoms with Crippen LogP contribution in [0.2, 0.25) is 0 Å². The Morgan fingerprint density at radius 1 is 0.947 bits per heavy atom. The van der Waals surface area contributed by atoms with E-state index in [4.69, 9.17) is 0 Å². The van der Waals surface area contributed by atoms with Gasteiger partial charge in [0.25, 0.3) is 5.91 Å². The third-order valence-corrected chi connectivity index (χ3v) is 8.40. The molecule has 0 radical (unpaired) electrons. The molecule has 12 heteroatoms. The number of rotatable bonds is 7. The largest absolute Gasteiger partial charge is 0.508 e. The molecule has 204 valence electrons. The Kier molecular flexibility index (Phi) is 7.77. The number of phenols is 2. The summed E-state index contributed by atoms with van der Waals surface area (Å²) in [6.07, 6.45) is 0. The summed E-state index contributed by atoms with van der Waals surface area (Å²) in [4.78, 5) is 15.2. The quantitative estimate of drug-likeness (QED) is 0.414. The van der Waals surface area contributed by atoms with Gasteiger partial charge in [-0.15, -0.1) is 10.2 Å². The summed E-state index contributed by atoms with van der Waals surface area (Å²) in [5, 5.41) is 32.1. The number of sulfonamides is 1. The number of likely N-dealkylation sites (N-methyl/N-ethyl adjacent to an activating group) is 1. The molecule has 11 nitrogen and oxygen atoms in total. The van der Waals surface area contributed by atoms with Gasteiger partial charge in [-0.05, 0) is 62.7 Å². The zero-order chi connectivity index (χ0) is 27.8. The monoisotopic (exact) mass is 542 g/mol. The Bertz CT molecular complexity index is 1430. The van der Waals surface area contributed by atoms with Crippen molar-refractivity contribution in [2.24, 2.45) is 0 Å². The summed E-state index contributed by atoms with van der Waals surface area (Å²) in [6, 6.07) is 8.85. The number of hydrogen-bond donors (Lipinski definition) is 3. The van der Waals surface area contributed by atoms with E-state index in [1.165, 1.54) is 27.1 Å². The molecule has 0 spiro atoms. The Morgan fingerprint density at radius 2 is 1.58 bits per heavy atom. The molecule has 1 fully saturated rings. The minimum Gasteiger partial charge on any atom is -0.508 e. The number of hydrogen-bond acceptors (Lipinski definition) is 8. The van der Waals surface area contributed by atoms with Crippen LogP contribution in [0.4, 0.5) is 0 Å². The molecule has 3 aromatic rings. The second-order valence-corrected chi connectivity index (χ2v) is 12.0. The van der Waals surface area contributed by atoms with Crippen molar-refractivity contribution in [2.75, 3.05) is 33.2 Å². The van der Waals surface area contributed by atoms with Gasteiger partial charge in [0.2, 0.25) is 15.8 Å². The van der Waals surface area contributed by atoms with Crippen LogP contribution in [0.1, 0.15) is 49.8 Å². The fraction of sp³-hybridized carbons (Fsp3) is 0.423. The Hall–Kier alpha value is -3.48. The molecule has 0 saturated carbocycles. The minimum absolute atomic E-state index is 0.0260. The van der Waals surface area contributed by atoms with E-state index in [1.54, 1.807) is 18.2 Å². The van der Waals surface area contributed by atoms with Crippen LogP contribution < -0.4 is 5.32 Å². The highest BCUT2D eigenvalue weighted by Crippen LogP contribution is 2.38. The zero-order valence-corrected chi connectivity index (χ0v) is 23.0. The number of piperazine rings is 1. The lowest BCUT2D eigenvalue weighted by molar-refractivity contribution is 0.0930. The summed E-state index contributed by atoms with van der Waals surface area (Å²) >= 11 is 0. The Morgan fingerprint density at radius 3 is 2.16 bits per heavy atom. The van der Waals surface area contributed by atoms with Gasteiger partial charge < -0.3 is 20.4 Å². The van der Waals surface area contributed by atoms with Crippen LogP contribution >= 0.6 is 0 Å². The predicted molar refractivity (Wildman–Crippen MR) is 143 cm³/mol. The zero-order valence-electron chi connectivity index (χ0n) is 22.2. The average molecular weight is 543 g/mol. The maximum atomic E-state index is 13.2. The molecule has 1 amide bonds. The van der Waals surface area contributed by atoms with Gasteiger partial charge in [-0.25, -0.2) is 8.42 Å². The number of aromatic hydroxyl groups is 2. The van der Waals surface area contributed by atoms with Crippen LogP contribution in [0.3, 0.4) is 0 Å². The number of nitrogens with zero attached hydrogens (tertiary/aromatic N) is 5. The summed E-state index contributed by atoms with van der Waals surface area (Å²) in [5.41, 5.74) is 1.31. The van der Waals surface area contributed by atoms with Crippen LogP contribution in [0.15, 0.2) is 41.3 Å². The summed E-state index contributed by atoms with van der Waals surface area (Å²) in [6.45, 7) is 9.58. The standard InChI is InChI=1S/C26H34N6O5S/c1-16(2)20-14-21(23(34)15-22(20)33)24-28-29-25(26(35)27-17(3)4)32(24)18-6-8-19(9-7-18)38(36,37)31-12-10-30(5)11-13-31/h6-9,14-17,33-34H,10-13H2,1-5H3,(H,27,35). The van der Waals surface area contributed by atoms with Crippen LogP contribution in [0, 0.1) is 0 Å². The first-order valence-corrected chi connectivity index (χ1v) is 14.0. The maximum absolute atomic E-state index is 13.2.